The predicted molar refractivity (Wildman–Crippen MR) is 75.2 cm³/mol. The number of benzene rings is 1. The van der Waals surface area contributed by atoms with Crippen LogP contribution in [-0.4, -0.2) is 15.1 Å². The number of carbonyl (C=O) groups excluding carboxylic acids is 1. The fourth-order valence-corrected chi connectivity index (χ4v) is 3.48. The van der Waals surface area contributed by atoms with Gasteiger partial charge in [0.2, 0.25) is 5.78 Å². The molecule has 0 fully saturated rings. The van der Waals surface area contributed by atoms with Gasteiger partial charge in [-0.1, -0.05) is 18.2 Å². The molecule has 1 aromatic carbocycles. The Labute approximate surface area is 185 Å². The summed E-state index contributed by atoms with van der Waals surface area (Å²) < 4.78 is 11.9. The molecule has 11 heteroatoms. The number of hydrogen-bond acceptors (Lipinski definition) is 7. The van der Waals surface area contributed by atoms with E-state index in [1.54, 1.807) is 18.2 Å². The Hall–Kier alpha value is -0.300. The fourth-order valence-electron chi connectivity index (χ4n) is 2.09. The van der Waals surface area contributed by atoms with Crippen molar-refractivity contribution in [3.63, 3.8) is 0 Å². The van der Waals surface area contributed by atoms with Gasteiger partial charge in [0.15, 0.2) is 10.7 Å². The summed E-state index contributed by atoms with van der Waals surface area (Å²) in [4.78, 5) is 39.0. The number of carbonyl (C=O) groups is 1. The molecule has 24 heavy (non-hydrogen) atoms. The molecule has 0 amide bonds. The molecule has 3 aromatic rings. The molecule has 0 radical (unpaired) electrons. The van der Waals surface area contributed by atoms with E-state index >= 15 is 0 Å². The molecule has 0 atom stereocenters. The van der Waals surface area contributed by atoms with Crippen molar-refractivity contribution in [1.29, 1.82) is 5.26 Å². The summed E-state index contributed by atoms with van der Waals surface area (Å²) in [5.41, 5.74) is 0.299. The number of ketones is 1. The van der Waals surface area contributed by atoms with Gasteiger partial charge in [0, 0.05) is 24.7 Å². The van der Waals surface area contributed by atoms with Crippen LogP contribution >= 0.6 is 19.1 Å². The molecular formula is C13H6N3Na2O4PS. The summed E-state index contributed by atoms with van der Waals surface area (Å²) in [6.45, 7) is 0. The largest absolute Gasteiger partial charge is 1.00 e. The zero-order chi connectivity index (χ0) is 15.9. The first kappa shape index (κ1) is 21.7. The van der Waals surface area contributed by atoms with Gasteiger partial charge in [-0.2, -0.15) is 5.26 Å². The molecule has 2 heterocycles. The van der Waals surface area contributed by atoms with Crippen molar-refractivity contribution in [2.75, 3.05) is 0 Å². The van der Waals surface area contributed by atoms with Crippen LogP contribution in [0.1, 0.15) is 21.1 Å². The summed E-state index contributed by atoms with van der Waals surface area (Å²) in [5, 5.41) is 10.6. The molecule has 0 bridgehead atoms. The minimum atomic E-state index is -5.08. The molecule has 0 aliphatic rings. The van der Waals surface area contributed by atoms with E-state index in [0.29, 0.717) is 9.72 Å². The third kappa shape index (κ3) is 4.09. The molecule has 0 N–H and O–H groups in total. The monoisotopic (exact) mass is 377 g/mol. The van der Waals surface area contributed by atoms with Crippen LogP contribution in [0, 0.1) is 11.3 Å². The van der Waals surface area contributed by atoms with Crippen molar-refractivity contribution < 1.29 is 78.3 Å². The maximum absolute atomic E-state index is 12.5. The second-order valence-corrected chi connectivity index (χ2v) is 6.58. The van der Waals surface area contributed by atoms with E-state index in [2.05, 4.69) is 4.98 Å². The Morgan fingerprint density at radius 3 is 2.54 bits per heavy atom. The molecular weight excluding hydrogens is 371 g/mol. The molecule has 0 saturated carbocycles. The minimum Gasteiger partial charge on any atom is -0.795 e. The second kappa shape index (κ2) is 8.39. The van der Waals surface area contributed by atoms with Gasteiger partial charge in [-0.25, -0.2) is 4.98 Å². The molecule has 0 spiro atoms. The van der Waals surface area contributed by atoms with E-state index in [4.69, 9.17) is 5.26 Å². The van der Waals surface area contributed by atoms with Crippen LogP contribution in [-0.2, 0) is 4.57 Å². The van der Waals surface area contributed by atoms with Crippen LogP contribution in [0.4, 0.5) is 0 Å². The summed E-state index contributed by atoms with van der Waals surface area (Å²) in [5.74, 6) is -0.532. The smallest absolute Gasteiger partial charge is 0.795 e. The Balaban J connectivity index is 0.00000144. The summed E-state index contributed by atoms with van der Waals surface area (Å²) in [6.07, 6.45) is 1.00. The van der Waals surface area contributed by atoms with Gasteiger partial charge in [-0.15, -0.1) is 11.3 Å². The number of aromatic nitrogens is 2. The van der Waals surface area contributed by atoms with E-state index in [9.17, 15) is 19.1 Å². The van der Waals surface area contributed by atoms with Crippen molar-refractivity contribution in [2.45, 2.75) is 0 Å². The SMILES string of the molecule is N#Cc1csc(C(=O)c2cn(P(=O)([O-])[O-])c3ccccc23)n1.[Na+].[Na+]. The average molecular weight is 377 g/mol. The maximum atomic E-state index is 12.5. The number of hydrogen-bond donors (Lipinski definition) is 0. The minimum absolute atomic E-state index is 0. The summed E-state index contributed by atoms with van der Waals surface area (Å²) in [7, 11) is -5.08. The molecule has 7 nitrogen and oxygen atoms in total. The Morgan fingerprint density at radius 1 is 1.29 bits per heavy atom. The Kier molecular flexibility index (Phi) is 7.60. The van der Waals surface area contributed by atoms with Crippen molar-refractivity contribution in [3.05, 3.63) is 52.1 Å². The number of fused-ring (bicyclic) bond motifs is 1. The van der Waals surface area contributed by atoms with Crippen molar-refractivity contribution in [2.24, 2.45) is 0 Å². The molecule has 2 aromatic heterocycles. The number of rotatable bonds is 3. The van der Waals surface area contributed by atoms with E-state index in [1.807, 2.05) is 6.07 Å². The van der Waals surface area contributed by atoms with Gasteiger partial charge >= 0.3 is 59.1 Å². The first-order chi connectivity index (χ1) is 10.4. The van der Waals surface area contributed by atoms with Gasteiger partial charge in [-0.3, -0.25) is 4.79 Å². The van der Waals surface area contributed by atoms with E-state index < -0.39 is 13.5 Å². The maximum Gasteiger partial charge on any atom is 1.00 e. The van der Waals surface area contributed by atoms with Gasteiger partial charge in [0.1, 0.15) is 6.07 Å². The number of para-hydroxylation sites is 1. The zero-order valence-electron chi connectivity index (χ0n) is 12.8. The Bertz CT molecular complexity index is 989. The predicted octanol–water partition coefficient (Wildman–Crippen LogP) is -5.11. The van der Waals surface area contributed by atoms with E-state index in [-0.39, 0.29) is 80.9 Å². The van der Waals surface area contributed by atoms with Crippen LogP contribution < -0.4 is 68.9 Å². The molecule has 0 aliphatic heterocycles. The van der Waals surface area contributed by atoms with Crippen LogP contribution in [0.3, 0.4) is 0 Å². The van der Waals surface area contributed by atoms with Crippen LogP contribution in [0.15, 0.2) is 35.8 Å². The second-order valence-electron chi connectivity index (χ2n) is 4.35. The molecule has 110 valence electrons. The van der Waals surface area contributed by atoms with Gasteiger partial charge in [-0.05, 0) is 6.07 Å². The average Bonchev–Trinajstić information content (AvgIpc) is 3.10. The first-order valence-electron chi connectivity index (χ1n) is 5.95. The topological polar surface area (TPSA) is 122 Å². The quantitative estimate of drug-likeness (QED) is 0.256. The third-order valence-electron chi connectivity index (χ3n) is 3.01. The summed E-state index contributed by atoms with van der Waals surface area (Å²) in [6, 6.07) is 8.01. The van der Waals surface area contributed by atoms with E-state index in [1.165, 1.54) is 11.4 Å². The molecule has 0 aliphatic carbocycles. The van der Waals surface area contributed by atoms with Gasteiger partial charge in [0.05, 0.1) is 11.1 Å². The molecule has 3 rings (SSSR count). The van der Waals surface area contributed by atoms with E-state index in [0.717, 1.165) is 17.5 Å². The van der Waals surface area contributed by atoms with Crippen molar-refractivity contribution in [3.8, 4) is 6.07 Å². The normalized spacial score (nSPS) is 10.5. The van der Waals surface area contributed by atoms with Crippen LogP contribution in [0.25, 0.3) is 10.9 Å². The number of nitrogens with zero attached hydrogens (tertiary/aromatic N) is 3. The third-order valence-corrected chi connectivity index (χ3v) is 4.71. The number of nitriles is 1. The Morgan fingerprint density at radius 2 is 1.96 bits per heavy atom. The standard InChI is InChI=1S/C13H8N3O4PS.2Na/c14-5-8-7-22-13(15-8)12(17)10-6-16(21(18,19)20)11-4-2-1-3-9(10)11;;/h1-4,6-7H,(H2,18,19,20);;/q;2*+1/p-2. The molecule has 0 unspecified atom stereocenters. The molecule has 0 saturated heterocycles. The van der Waals surface area contributed by atoms with Gasteiger partial charge < -0.3 is 18.7 Å². The van der Waals surface area contributed by atoms with Crippen molar-refractivity contribution in [1.82, 2.24) is 9.32 Å². The van der Waals surface area contributed by atoms with Gasteiger partial charge in [0.25, 0.3) is 0 Å². The zero-order valence-corrected chi connectivity index (χ0v) is 18.5. The van der Waals surface area contributed by atoms with Crippen LogP contribution in [0.2, 0.25) is 0 Å². The van der Waals surface area contributed by atoms with Crippen LogP contribution in [0.5, 0.6) is 0 Å². The summed E-state index contributed by atoms with van der Waals surface area (Å²) >= 11 is 0.985. The first-order valence-corrected chi connectivity index (χ1v) is 8.32. The fraction of sp³-hybridized carbons (Fsp3) is 0. The number of thiazole rings is 1. The van der Waals surface area contributed by atoms with Crippen molar-refractivity contribution >= 4 is 35.8 Å².